The number of rotatable bonds is 4. The van der Waals surface area contributed by atoms with Gasteiger partial charge in [-0.05, 0) is 18.6 Å². The Bertz CT molecular complexity index is 450. The van der Waals surface area contributed by atoms with Gasteiger partial charge < -0.3 is 15.4 Å². The predicted molar refractivity (Wildman–Crippen MR) is 68.9 cm³/mol. The van der Waals surface area contributed by atoms with E-state index in [9.17, 15) is 10.1 Å². The number of nitro benzene ring substituents is 1. The van der Waals surface area contributed by atoms with E-state index >= 15 is 0 Å². The monoisotopic (exact) mass is 251 g/mol. The normalized spacial score (nSPS) is 23.0. The summed E-state index contributed by atoms with van der Waals surface area (Å²) in [4.78, 5) is 10.6. The van der Waals surface area contributed by atoms with Crippen LogP contribution in [0.3, 0.4) is 0 Å². The summed E-state index contributed by atoms with van der Waals surface area (Å²) >= 11 is 0. The minimum atomic E-state index is -0.369. The zero-order valence-electron chi connectivity index (χ0n) is 10.5. The Hall–Kier alpha value is -1.66. The van der Waals surface area contributed by atoms with E-state index in [0.717, 1.165) is 18.7 Å². The topological polar surface area (TPSA) is 76.4 Å². The van der Waals surface area contributed by atoms with Crippen LogP contribution in [0.2, 0.25) is 0 Å². The molecule has 1 saturated heterocycles. The maximum atomic E-state index is 11.0. The van der Waals surface area contributed by atoms with Crippen molar-refractivity contribution in [1.82, 2.24) is 5.32 Å². The second-order valence-corrected chi connectivity index (χ2v) is 4.46. The first-order valence-electron chi connectivity index (χ1n) is 5.87. The Morgan fingerprint density at radius 3 is 2.94 bits per heavy atom. The molecule has 1 aliphatic rings. The van der Waals surface area contributed by atoms with Gasteiger partial charge in [0.2, 0.25) is 0 Å². The zero-order valence-corrected chi connectivity index (χ0v) is 10.5. The molecular weight excluding hydrogens is 234 g/mol. The lowest BCUT2D eigenvalue weighted by Crippen LogP contribution is -2.33. The summed E-state index contributed by atoms with van der Waals surface area (Å²) in [7, 11) is 1.65. The molecule has 6 heteroatoms. The van der Waals surface area contributed by atoms with Crippen molar-refractivity contribution in [2.24, 2.45) is 0 Å². The minimum absolute atomic E-state index is 0.0325. The average molecular weight is 251 g/mol. The van der Waals surface area contributed by atoms with Crippen molar-refractivity contribution in [2.75, 3.05) is 25.5 Å². The van der Waals surface area contributed by atoms with Gasteiger partial charge in [0.15, 0.2) is 0 Å². The van der Waals surface area contributed by atoms with Crippen molar-refractivity contribution in [3.05, 3.63) is 33.9 Å². The molecule has 1 aromatic rings. The SMILES string of the molecule is CO[C@H]1CNCC1Nc1cc(C)ccc1[N+](=O)[O-]. The van der Waals surface area contributed by atoms with E-state index in [-0.39, 0.29) is 22.8 Å². The summed E-state index contributed by atoms with van der Waals surface area (Å²) in [6.45, 7) is 3.41. The number of hydrogen-bond donors (Lipinski definition) is 2. The Labute approximate surface area is 105 Å². The summed E-state index contributed by atoms with van der Waals surface area (Å²) in [5.74, 6) is 0. The van der Waals surface area contributed by atoms with Crippen LogP contribution in [0.25, 0.3) is 0 Å². The second-order valence-electron chi connectivity index (χ2n) is 4.46. The number of aryl methyl sites for hydroxylation is 1. The Kier molecular flexibility index (Phi) is 3.78. The lowest BCUT2D eigenvalue weighted by molar-refractivity contribution is -0.384. The minimum Gasteiger partial charge on any atom is -0.378 e. The Morgan fingerprint density at radius 1 is 1.50 bits per heavy atom. The highest BCUT2D eigenvalue weighted by Gasteiger charge is 2.28. The van der Waals surface area contributed by atoms with Gasteiger partial charge in [-0.3, -0.25) is 10.1 Å². The predicted octanol–water partition coefficient (Wildman–Crippen LogP) is 1.30. The van der Waals surface area contributed by atoms with Crippen LogP contribution in [0.1, 0.15) is 5.56 Å². The van der Waals surface area contributed by atoms with Crippen LogP contribution < -0.4 is 10.6 Å². The molecule has 0 spiro atoms. The molecule has 0 radical (unpaired) electrons. The van der Waals surface area contributed by atoms with Gasteiger partial charge in [0, 0.05) is 26.3 Å². The van der Waals surface area contributed by atoms with Crippen molar-refractivity contribution >= 4 is 11.4 Å². The molecular formula is C12H17N3O3. The number of methoxy groups -OCH3 is 1. The Morgan fingerprint density at radius 2 is 2.28 bits per heavy atom. The molecule has 1 heterocycles. The molecule has 1 aliphatic heterocycles. The van der Waals surface area contributed by atoms with Crippen molar-refractivity contribution in [3.8, 4) is 0 Å². The first-order valence-corrected chi connectivity index (χ1v) is 5.87. The number of nitrogens with zero attached hydrogens (tertiary/aromatic N) is 1. The lowest BCUT2D eigenvalue weighted by atomic mass is 10.1. The fourth-order valence-corrected chi connectivity index (χ4v) is 2.17. The molecule has 0 aromatic heterocycles. The third-order valence-electron chi connectivity index (χ3n) is 3.15. The van der Waals surface area contributed by atoms with Crippen LogP contribution in [0.4, 0.5) is 11.4 Å². The van der Waals surface area contributed by atoms with Gasteiger partial charge in [0.25, 0.3) is 5.69 Å². The highest BCUT2D eigenvalue weighted by atomic mass is 16.6. The number of nitrogens with one attached hydrogen (secondary N) is 2. The molecule has 0 aliphatic carbocycles. The Balaban J connectivity index is 2.22. The van der Waals surface area contributed by atoms with E-state index in [2.05, 4.69) is 10.6 Å². The summed E-state index contributed by atoms with van der Waals surface area (Å²) in [6, 6.07) is 5.12. The largest absolute Gasteiger partial charge is 0.378 e. The van der Waals surface area contributed by atoms with E-state index in [1.54, 1.807) is 19.2 Å². The molecule has 2 atom stereocenters. The maximum Gasteiger partial charge on any atom is 0.292 e. The molecule has 1 unspecified atom stereocenters. The summed E-state index contributed by atoms with van der Waals surface area (Å²) in [5.41, 5.74) is 1.64. The molecule has 0 amide bonds. The summed E-state index contributed by atoms with van der Waals surface area (Å²) < 4.78 is 5.33. The van der Waals surface area contributed by atoms with Gasteiger partial charge in [0.1, 0.15) is 5.69 Å². The van der Waals surface area contributed by atoms with E-state index in [1.807, 2.05) is 6.92 Å². The summed E-state index contributed by atoms with van der Waals surface area (Å²) in [6.07, 6.45) is 0.0325. The smallest absolute Gasteiger partial charge is 0.292 e. The van der Waals surface area contributed by atoms with Gasteiger partial charge >= 0.3 is 0 Å². The van der Waals surface area contributed by atoms with Crippen LogP contribution in [0, 0.1) is 17.0 Å². The fraction of sp³-hybridized carbons (Fsp3) is 0.500. The van der Waals surface area contributed by atoms with Crippen molar-refractivity contribution in [3.63, 3.8) is 0 Å². The van der Waals surface area contributed by atoms with Gasteiger partial charge in [0.05, 0.1) is 17.1 Å². The quantitative estimate of drug-likeness (QED) is 0.623. The maximum absolute atomic E-state index is 11.0. The average Bonchev–Trinajstić information content (AvgIpc) is 2.76. The van der Waals surface area contributed by atoms with Crippen LogP contribution >= 0.6 is 0 Å². The standard InChI is InChI=1S/C12H17N3O3/c1-8-3-4-11(15(16)17)9(5-8)14-10-6-13-7-12(10)18-2/h3-5,10,12-14H,6-7H2,1-2H3/t10?,12-/m0/s1. The van der Waals surface area contributed by atoms with Crippen molar-refractivity contribution in [1.29, 1.82) is 0 Å². The highest BCUT2D eigenvalue weighted by Crippen LogP contribution is 2.27. The fourth-order valence-electron chi connectivity index (χ4n) is 2.17. The van der Waals surface area contributed by atoms with Gasteiger partial charge in [-0.25, -0.2) is 0 Å². The number of hydrogen-bond acceptors (Lipinski definition) is 5. The molecule has 1 aromatic carbocycles. The molecule has 18 heavy (non-hydrogen) atoms. The van der Waals surface area contributed by atoms with E-state index in [4.69, 9.17) is 4.74 Å². The molecule has 6 nitrogen and oxygen atoms in total. The van der Waals surface area contributed by atoms with E-state index in [0.29, 0.717) is 5.69 Å². The van der Waals surface area contributed by atoms with Crippen LogP contribution in [-0.2, 0) is 4.74 Å². The molecule has 98 valence electrons. The van der Waals surface area contributed by atoms with Crippen molar-refractivity contribution in [2.45, 2.75) is 19.1 Å². The van der Waals surface area contributed by atoms with Gasteiger partial charge in [-0.1, -0.05) is 6.07 Å². The van der Waals surface area contributed by atoms with Crippen LogP contribution in [0.5, 0.6) is 0 Å². The molecule has 0 saturated carbocycles. The number of ether oxygens (including phenoxy) is 1. The second kappa shape index (κ2) is 5.32. The number of anilines is 1. The lowest BCUT2D eigenvalue weighted by Gasteiger charge is -2.19. The summed E-state index contributed by atoms with van der Waals surface area (Å²) in [5, 5.41) is 17.4. The third kappa shape index (κ3) is 2.60. The zero-order chi connectivity index (χ0) is 13.1. The van der Waals surface area contributed by atoms with Gasteiger partial charge in [-0.15, -0.1) is 0 Å². The molecule has 2 N–H and O–H groups in total. The molecule has 0 bridgehead atoms. The van der Waals surface area contributed by atoms with Crippen LogP contribution in [0.15, 0.2) is 18.2 Å². The van der Waals surface area contributed by atoms with Crippen molar-refractivity contribution < 1.29 is 9.66 Å². The first-order chi connectivity index (χ1) is 8.61. The highest BCUT2D eigenvalue weighted by molar-refractivity contribution is 5.63. The van der Waals surface area contributed by atoms with Crippen LogP contribution in [-0.4, -0.2) is 37.3 Å². The molecule has 1 fully saturated rings. The molecule has 2 rings (SSSR count). The third-order valence-corrected chi connectivity index (χ3v) is 3.15. The van der Waals surface area contributed by atoms with E-state index < -0.39 is 0 Å². The number of benzene rings is 1. The first kappa shape index (κ1) is 12.8. The van der Waals surface area contributed by atoms with Gasteiger partial charge in [-0.2, -0.15) is 0 Å². The van der Waals surface area contributed by atoms with E-state index in [1.165, 1.54) is 6.07 Å². The number of nitro groups is 1.